The first-order valence-corrected chi connectivity index (χ1v) is 9.77. The molecule has 0 aliphatic heterocycles. The summed E-state index contributed by atoms with van der Waals surface area (Å²) >= 11 is 5.08. The maximum absolute atomic E-state index is 12.5. The Bertz CT molecular complexity index is 858. The van der Waals surface area contributed by atoms with E-state index in [-0.39, 0.29) is 17.4 Å². The highest BCUT2D eigenvalue weighted by Crippen LogP contribution is 2.17. The van der Waals surface area contributed by atoms with Crippen LogP contribution in [0.2, 0.25) is 0 Å². The van der Waals surface area contributed by atoms with E-state index in [0.717, 1.165) is 5.56 Å². The number of benzene rings is 2. The Morgan fingerprint density at radius 2 is 1.73 bits per heavy atom. The lowest BCUT2D eigenvalue weighted by molar-refractivity contribution is -0.121. The fraction of sp³-hybridized carbons (Fsp3) is 0.286. The largest absolute Gasteiger partial charge is 0.497 e. The minimum absolute atomic E-state index is 0.0350. The summed E-state index contributed by atoms with van der Waals surface area (Å²) in [6, 6.07) is 13.9. The molecule has 0 atom stereocenters. The van der Waals surface area contributed by atoms with Crippen LogP contribution in [0.1, 0.15) is 22.8 Å². The summed E-state index contributed by atoms with van der Waals surface area (Å²) in [6.45, 7) is 3.23. The van der Waals surface area contributed by atoms with E-state index in [4.69, 9.17) is 26.4 Å². The van der Waals surface area contributed by atoms with E-state index >= 15 is 0 Å². The van der Waals surface area contributed by atoms with Crippen LogP contribution in [0, 0.1) is 0 Å². The van der Waals surface area contributed by atoms with Crippen LogP contribution < -0.4 is 25.6 Å². The molecule has 30 heavy (non-hydrogen) atoms. The van der Waals surface area contributed by atoms with Gasteiger partial charge in [0.1, 0.15) is 18.1 Å². The fourth-order valence-corrected chi connectivity index (χ4v) is 2.58. The third kappa shape index (κ3) is 7.69. The predicted molar refractivity (Wildman–Crippen MR) is 116 cm³/mol. The lowest BCUT2D eigenvalue weighted by atomic mass is 10.1. The maximum atomic E-state index is 12.5. The Kier molecular flexibility index (Phi) is 9.56. The standard InChI is InChI=1S/C21H25N3O5S/c1-3-28-12-13-29-18-7-5-4-6-17(18)20(26)22-21(30)24-23-19(25)14-15-8-10-16(27-2)11-9-15/h4-11H,3,12-14H2,1-2H3,(H,23,25)(H2,22,24,26,30). The number of carbonyl (C=O) groups is 2. The van der Waals surface area contributed by atoms with Crippen molar-refractivity contribution >= 4 is 29.1 Å². The van der Waals surface area contributed by atoms with Crippen molar-refractivity contribution in [2.75, 3.05) is 26.9 Å². The smallest absolute Gasteiger partial charge is 0.261 e. The Morgan fingerprint density at radius 1 is 1.00 bits per heavy atom. The average Bonchev–Trinajstić information content (AvgIpc) is 2.76. The number of hydrogen-bond acceptors (Lipinski definition) is 6. The number of para-hydroxylation sites is 1. The predicted octanol–water partition coefficient (Wildman–Crippen LogP) is 1.99. The molecule has 3 N–H and O–H groups in total. The highest BCUT2D eigenvalue weighted by atomic mass is 32.1. The van der Waals surface area contributed by atoms with Gasteiger partial charge in [-0.3, -0.25) is 25.8 Å². The molecule has 0 unspecified atom stereocenters. The van der Waals surface area contributed by atoms with E-state index < -0.39 is 5.91 Å². The molecule has 9 heteroatoms. The van der Waals surface area contributed by atoms with Gasteiger partial charge < -0.3 is 14.2 Å². The van der Waals surface area contributed by atoms with Gasteiger partial charge in [-0.15, -0.1) is 0 Å². The van der Waals surface area contributed by atoms with Gasteiger partial charge in [0.05, 0.1) is 25.7 Å². The summed E-state index contributed by atoms with van der Waals surface area (Å²) < 4.78 is 15.9. The first-order chi connectivity index (χ1) is 14.5. The van der Waals surface area contributed by atoms with Crippen molar-refractivity contribution in [2.24, 2.45) is 0 Å². The molecular formula is C21H25N3O5S. The monoisotopic (exact) mass is 431 g/mol. The molecule has 8 nitrogen and oxygen atoms in total. The number of rotatable bonds is 9. The molecule has 0 bridgehead atoms. The zero-order valence-corrected chi connectivity index (χ0v) is 17.7. The van der Waals surface area contributed by atoms with Gasteiger partial charge >= 0.3 is 0 Å². The lowest BCUT2D eigenvalue weighted by Crippen LogP contribution is -2.48. The van der Waals surface area contributed by atoms with Crippen molar-refractivity contribution in [1.29, 1.82) is 0 Å². The van der Waals surface area contributed by atoms with Crippen LogP contribution >= 0.6 is 12.2 Å². The van der Waals surface area contributed by atoms with Gasteiger partial charge in [-0.25, -0.2) is 0 Å². The van der Waals surface area contributed by atoms with E-state index in [1.165, 1.54) is 0 Å². The van der Waals surface area contributed by atoms with Crippen molar-refractivity contribution in [2.45, 2.75) is 13.3 Å². The van der Waals surface area contributed by atoms with Gasteiger partial charge in [-0.05, 0) is 49.0 Å². The van der Waals surface area contributed by atoms with Gasteiger partial charge in [-0.2, -0.15) is 0 Å². The third-order valence-corrected chi connectivity index (χ3v) is 4.09. The first-order valence-electron chi connectivity index (χ1n) is 9.36. The molecule has 0 saturated heterocycles. The molecule has 0 saturated carbocycles. The highest BCUT2D eigenvalue weighted by Gasteiger charge is 2.14. The summed E-state index contributed by atoms with van der Waals surface area (Å²) in [5.41, 5.74) is 6.11. The van der Waals surface area contributed by atoms with Crippen LogP contribution in [-0.2, 0) is 16.0 Å². The second kappa shape index (κ2) is 12.4. The van der Waals surface area contributed by atoms with Crippen LogP contribution in [0.5, 0.6) is 11.5 Å². The van der Waals surface area contributed by atoms with Gasteiger partial charge in [-0.1, -0.05) is 24.3 Å². The van der Waals surface area contributed by atoms with Crippen LogP contribution in [0.4, 0.5) is 0 Å². The topological polar surface area (TPSA) is 97.9 Å². The summed E-state index contributed by atoms with van der Waals surface area (Å²) in [4.78, 5) is 24.5. The fourth-order valence-electron chi connectivity index (χ4n) is 2.44. The first kappa shape index (κ1) is 23.1. The minimum Gasteiger partial charge on any atom is -0.497 e. The molecule has 2 aromatic rings. The number of thiocarbonyl (C=S) groups is 1. The molecule has 0 aliphatic carbocycles. The zero-order valence-electron chi connectivity index (χ0n) is 16.9. The molecule has 0 aromatic heterocycles. The molecule has 2 aromatic carbocycles. The maximum Gasteiger partial charge on any atom is 0.261 e. The summed E-state index contributed by atoms with van der Waals surface area (Å²) in [5, 5.41) is 2.48. The van der Waals surface area contributed by atoms with Crippen molar-refractivity contribution < 1.29 is 23.8 Å². The molecule has 160 valence electrons. The van der Waals surface area contributed by atoms with Gasteiger partial charge in [0.15, 0.2) is 5.11 Å². The molecule has 0 fully saturated rings. The Balaban J connectivity index is 1.81. The van der Waals surface area contributed by atoms with E-state index in [0.29, 0.717) is 36.9 Å². The quantitative estimate of drug-likeness (QED) is 0.317. The van der Waals surface area contributed by atoms with Crippen molar-refractivity contribution in [3.8, 4) is 11.5 Å². The van der Waals surface area contributed by atoms with Crippen molar-refractivity contribution in [3.63, 3.8) is 0 Å². The molecule has 0 heterocycles. The van der Waals surface area contributed by atoms with Crippen LogP contribution in [-0.4, -0.2) is 43.9 Å². The van der Waals surface area contributed by atoms with Crippen molar-refractivity contribution in [3.05, 3.63) is 59.7 Å². The minimum atomic E-state index is -0.455. The third-order valence-electron chi connectivity index (χ3n) is 3.89. The second-order valence-corrected chi connectivity index (χ2v) is 6.43. The molecule has 0 aliphatic rings. The van der Waals surface area contributed by atoms with Gasteiger partial charge in [0.25, 0.3) is 5.91 Å². The van der Waals surface area contributed by atoms with Gasteiger partial charge in [0.2, 0.25) is 5.91 Å². The summed E-state index contributed by atoms with van der Waals surface area (Å²) in [5.74, 6) is 0.365. The van der Waals surface area contributed by atoms with E-state index in [1.807, 2.05) is 6.92 Å². The molecule has 0 spiro atoms. The average molecular weight is 432 g/mol. The number of amides is 2. The lowest BCUT2D eigenvalue weighted by Gasteiger charge is -2.13. The number of methoxy groups -OCH3 is 1. The number of ether oxygens (including phenoxy) is 3. The molecular weight excluding hydrogens is 406 g/mol. The number of carbonyl (C=O) groups excluding carboxylic acids is 2. The van der Waals surface area contributed by atoms with Crippen LogP contribution in [0.25, 0.3) is 0 Å². The van der Waals surface area contributed by atoms with Crippen LogP contribution in [0.3, 0.4) is 0 Å². The van der Waals surface area contributed by atoms with Crippen molar-refractivity contribution in [1.82, 2.24) is 16.2 Å². The molecule has 2 amide bonds. The Morgan fingerprint density at radius 3 is 2.43 bits per heavy atom. The summed E-state index contributed by atoms with van der Waals surface area (Å²) in [6.07, 6.45) is 0.143. The Labute approximate surface area is 180 Å². The second-order valence-electron chi connectivity index (χ2n) is 6.02. The Hall–Kier alpha value is -3.17. The number of hydrogen-bond donors (Lipinski definition) is 3. The zero-order chi connectivity index (χ0) is 21.8. The molecule has 2 rings (SSSR count). The van der Waals surface area contributed by atoms with E-state index in [1.54, 1.807) is 55.6 Å². The van der Waals surface area contributed by atoms with Gasteiger partial charge in [0, 0.05) is 6.61 Å². The molecule has 0 radical (unpaired) electrons. The normalized spacial score (nSPS) is 10.1. The van der Waals surface area contributed by atoms with E-state index in [2.05, 4.69) is 16.2 Å². The van der Waals surface area contributed by atoms with E-state index in [9.17, 15) is 9.59 Å². The van der Waals surface area contributed by atoms with Crippen LogP contribution in [0.15, 0.2) is 48.5 Å². The summed E-state index contributed by atoms with van der Waals surface area (Å²) in [7, 11) is 1.58. The number of hydrazine groups is 1. The number of nitrogens with one attached hydrogen (secondary N) is 3. The SMILES string of the molecule is CCOCCOc1ccccc1C(=O)NC(=S)NNC(=O)Cc1ccc(OC)cc1. The highest BCUT2D eigenvalue weighted by molar-refractivity contribution is 7.80.